The molecule has 0 aliphatic carbocycles. The number of fused-ring (bicyclic) bond motifs is 1. The topological polar surface area (TPSA) is 92.3 Å². The maximum atomic E-state index is 13.3. The van der Waals surface area contributed by atoms with Gasteiger partial charge in [-0.15, -0.1) is 0 Å². The average Bonchev–Trinajstić information content (AvgIpc) is 3.35. The van der Waals surface area contributed by atoms with Crippen LogP contribution in [0.2, 0.25) is 0 Å². The first-order valence-corrected chi connectivity index (χ1v) is 9.82. The largest absolute Gasteiger partial charge is 0.493 e. The molecule has 0 aliphatic heterocycles. The first-order valence-electron chi connectivity index (χ1n) is 9.82. The molecule has 0 bridgehead atoms. The van der Waals surface area contributed by atoms with Crippen LogP contribution in [0.15, 0.2) is 82.4 Å². The van der Waals surface area contributed by atoms with Crippen LogP contribution in [-0.2, 0) is 0 Å². The first-order chi connectivity index (χ1) is 15.7. The van der Waals surface area contributed by atoms with Gasteiger partial charge in [0.05, 0.1) is 25.5 Å². The molecule has 158 valence electrons. The number of hydrogen-bond acceptors (Lipinski definition) is 7. The number of aromatic nitrogens is 4. The quantitative estimate of drug-likeness (QED) is 0.417. The molecule has 0 spiro atoms. The summed E-state index contributed by atoms with van der Waals surface area (Å²) in [4.78, 5) is 22.1. The summed E-state index contributed by atoms with van der Waals surface area (Å²) in [7, 11) is 3.11. The SMILES string of the molecule is COc1ccc(-n2cc(-c3nc(-c4ccccn4)no3)c3ccccc3c2=O)cc1OC. The van der Waals surface area contributed by atoms with Gasteiger partial charge in [-0.25, -0.2) is 0 Å². The number of methoxy groups -OCH3 is 2. The van der Waals surface area contributed by atoms with Crippen molar-refractivity contribution in [3.8, 4) is 40.2 Å². The van der Waals surface area contributed by atoms with Crippen molar-refractivity contribution in [1.82, 2.24) is 19.7 Å². The van der Waals surface area contributed by atoms with Gasteiger partial charge in [0, 0.05) is 29.2 Å². The zero-order valence-corrected chi connectivity index (χ0v) is 17.4. The molecule has 5 rings (SSSR count). The lowest BCUT2D eigenvalue weighted by molar-refractivity contribution is 0.355. The van der Waals surface area contributed by atoms with Crippen LogP contribution < -0.4 is 15.0 Å². The number of nitrogens with zero attached hydrogens (tertiary/aromatic N) is 4. The lowest BCUT2D eigenvalue weighted by atomic mass is 10.1. The highest BCUT2D eigenvalue weighted by Gasteiger charge is 2.18. The molecule has 2 aromatic carbocycles. The summed E-state index contributed by atoms with van der Waals surface area (Å²) in [6.45, 7) is 0. The van der Waals surface area contributed by atoms with Crippen molar-refractivity contribution in [2.75, 3.05) is 14.2 Å². The molecule has 0 N–H and O–H groups in total. The molecule has 3 heterocycles. The highest BCUT2D eigenvalue weighted by atomic mass is 16.5. The minimum absolute atomic E-state index is 0.180. The van der Waals surface area contributed by atoms with E-state index < -0.39 is 0 Å². The van der Waals surface area contributed by atoms with Crippen LogP contribution >= 0.6 is 0 Å². The van der Waals surface area contributed by atoms with Gasteiger partial charge < -0.3 is 14.0 Å². The molecule has 32 heavy (non-hydrogen) atoms. The van der Waals surface area contributed by atoms with E-state index in [9.17, 15) is 4.79 Å². The van der Waals surface area contributed by atoms with Crippen molar-refractivity contribution in [2.45, 2.75) is 0 Å². The highest BCUT2D eigenvalue weighted by Crippen LogP contribution is 2.31. The highest BCUT2D eigenvalue weighted by molar-refractivity contribution is 5.94. The van der Waals surface area contributed by atoms with E-state index in [1.54, 1.807) is 56.9 Å². The Hall–Kier alpha value is -4.46. The Labute approximate surface area is 182 Å². The zero-order valence-electron chi connectivity index (χ0n) is 17.4. The number of ether oxygens (including phenoxy) is 2. The molecule has 0 saturated heterocycles. The van der Waals surface area contributed by atoms with Gasteiger partial charge >= 0.3 is 0 Å². The number of hydrogen-bond donors (Lipinski definition) is 0. The Morgan fingerprint density at radius 1 is 0.906 bits per heavy atom. The maximum Gasteiger partial charge on any atom is 0.262 e. The Balaban J connectivity index is 1.72. The van der Waals surface area contributed by atoms with Gasteiger partial charge in [-0.1, -0.05) is 29.4 Å². The molecule has 0 radical (unpaired) electrons. The van der Waals surface area contributed by atoms with Crippen LogP contribution in [0.4, 0.5) is 0 Å². The van der Waals surface area contributed by atoms with Crippen molar-refractivity contribution >= 4 is 10.8 Å². The molecule has 8 heteroatoms. The van der Waals surface area contributed by atoms with E-state index in [2.05, 4.69) is 15.1 Å². The lowest BCUT2D eigenvalue weighted by Gasteiger charge is -2.13. The predicted octanol–water partition coefficient (Wildman–Crippen LogP) is 4.12. The van der Waals surface area contributed by atoms with Crippen LogP contribution in [-0.4, -0.2) is 33.9 Å². The van der Waals surface area contributed by atoms with Gasteiger partial charge in [-0.05, 0) is 30.3 Å². The molecule has 3 aromatic heterocycles. The normalized spacial score (nSPS) is 10.9. The second kappa shape index (κ2) is 7.99. The summed E-state index contributed by atoms with van der Waals surface area (Å²) in [5.74, 6) is 1.74. The fourth-order valence-corrected chi connectivity index (χ4v) is 3.56. The number of benzene rings is 2. The molecule has 0 fully saturated rings. The van der Waals surface area contributed by atoms with Crippen molar-refractivity contribution < 1.29 is 14.0 Å². The van der Waals surface area contributed by atoms with E-state index in [0.29, 0.717) is 45.0 Å². The van der Waals surface area contributed by atoms with Crippen LogP contribution in [0.1, 0.15) is 0 Å². The summed E-state index contributed by atoms with van der Waals surface area (Å²) in [5, 5.41) is 5.31. The lowest BCUT2D eigenvalue weighted by Crippen LogP contribution is -2.18. The van der Waals surface area contributed by atoms with Gasteiger partial charge in [0.1, 0.15) is 5.69 Å². The third-order valence-corrected chi connectivity index (χ3v) is 5.12. The molecular formula is C24H18N4O4. The third-order valence-electron chi connectivity index (χ3n) is 5.12. The zero-order chi connectivity index (χ0) is 22.1. The summed E-state index contributed by atoms with van der Waals surface area (Å²) in [5.41, 5.74) is 1.66. The fourth-order valence-electron chi connectivity index (χ4n) is 3.56. The molecule has 5 aromatic rings. The Morgan fingerprint density at radius 3 is 2.44 bits per heavy atom. The molecule has 0 aliphatic rings. The molecule has 0 atom stereocenters. The van der Waals surface area contributed by atoms with Gasteiger partial charge in [0.15, 0.2) is 11.5 Å². The third kappa shape index (κ3) is 3.27. The van der Waals surface area contributed by atoms with E-state index in [0.717, 1.165) is 0 Å². The van der Waals surface area contributed by atoms with Crippen molar-refractivity contribution in [2.24, 2.45) is 0 Å². The van der Waals surface area contributed by atoms with E-state index in [1.807, 2.05) is 30.3 Å². The Morgan fingerprint density at radius 2 is 1.69 bits per heavy atom. The number of rotatable bonds is 5. The Kier molecular flexibility index (Phi) is 4.87. The smallest absolute Gasteiger partial charge is 0.262 e. The van der Waals surface area contributed by atoms with Crippen molar-refractivity contribution in [3.63, 3.8) is 0 Å². The van der Waals surface area contributed by atoms with Crippen LogP contribution in [0, 0.1) is 0 Å². The number of pyridine rings is 2. The Bertz CT molecular complexity index is 1470. The minimum atomic E-state index is -0.180. The van der Waals surface area contributed by atoms with Gasteiger partial charge in [0.25, 0.3) is 11.4 Å². The van der Waals surface area contributed by atoms with Crippen LogP contribution in [0.3, 0.4) is 0 Å². The van der Waals surface area contributed by atoms with Crippen molar-refractivity contribution in [3.05, 3.63) is 83.4 Å². The molecule has 0 saturated carbocycles. The predicted molar refractivity (Wildman–Crippen MR) is 119 cm³/mol. The fraction of sp³-hybridized carbons (Fsp3) is 0.0833. The second-order valence-corrected chi connectivity index (χ2v) is 6.94. The van der Waals surface area contributed by atoms with Crippen molar-refractivity contribution in [1.29, 1.82) is 0 Å². The van der Waals surface area contributed by atoms with Gasteiger partial charge in [-0.3, -0.25) is 14.3 Å². The summed E-state index contributed by atoms with van der Waals surface area (Å²) in [6.07, 6.45) is 3.36. The van der Waals surface area contributed by atoms with E-state index in [-0.39, 0.29) is 11.4 Å². The van der Waals surface area contributed by atoms with Gasteiger partial charge in [-0.2, -0.15) is 4.98 Å². The standard InChI is InChI=1S/C24H18N4O4/c1-30-20-11-10-15(13-21(20)31-2)28-14-18(16-7-3-4-8-17(16)24(28)29)23-26-22(27-32-23)19-9-5-6-12-25-19/h3-14H,1-2H3. The second-order valence-electron chi connectivity index (χ2n) is 6.94. The van der Waals surface area contributed by atoms with Crippen LogP contribution in [0.5, 0.6) is 11.5 Å². The van der Waals surface area contributed by atoms with E-state index in [4.69, 9.17) is 14.0 Å². The summed E-state index contributed by atoms with van der Waals surface area (Å²) < 4.78 is 17.8. The molecule has 0 unspecified atom stereocenters. The molecular weight excluding hydrogens is 408 g/mol. The van der Waals surface area contributed by atoms with E-state index >= 15 is 0 Å². The minimum Gasteiger partial charge on any atom is -0.493 e. The molecule has 0 amide bonds. The first kappa shape index (κ1) is 19.5. The van der Waals surface area contributed by atoms with E-state index in [1.165, 1.54) is 4.57 Å². The monoisotopic (exact) mass is 426 g/mol. The van der Waals surface area contributed by atoms with Crippen LogP contribution in [0.25, 0.3) is 39.4 Å². The molecule has 8 nitrogen and oxygen atoms in total. The summed E-state index contributed by atoms with van der Waals surface area (Å²) in [6, 6.07) is 18.1. The maximum absolute atomic E-state index is 13.3. The van der Waals surface area contributed by atoms with Gasteiger partial charge in [0.2, 0.25) is 5.82 Å². The average molecular weight is 426 g/mol. The summed E-state index contributed by atoms with van der Waals surface area (Å²) >= 11 is 0.